The van der Waals surface area contributed by atoms with Crippen molar-refractivity contribution < 1.29 is 24.2 Å². The lowest BCUT2D eigenvalue weighted by Crippen LogP contribution is -2.56. The van der Waals surface area contributed by atoms with Gasteiger partial charge in [-0.1, -0.05) is 25.0 Å². The molecule has 9 nitrogen and oxygen atoms in total. The molecule has 1 aromatic rings. The van der Waals surface area contributed by atoms with Crippen LogP contribution in [0.15, 0.2) is 24.3 Å². The number of fused-ring (bicyclic) bond motifs is 1. The quantitative estimate of drug-likeness (QED) is 0.477. The Morgan fingerprint density at radius 1 is 0.921 bits per heavy atom. The monoisotopic (exact) mass is 528 g/mol. The molecule has 0 bridgehead atoms. The lowest BCUT2D eigenvalue weighted by molar-refractivity contribution is -0.141. The highest BCUT2D eigenvalue weighted by molar-refractivity contribution is 5.93. The standard InChI is InChI=1S/C29H44N4O5/c1-19-27(35)32-24(18-20-9-13-23(34)14-10-20)28(36)31-15-5-7-21-6-3-4-8-25(21)38-17-16-30-26(22-11-12-22)29(37)33(19)2/h9-10,13-14,19,21-22,24-26,30,34H,3-8,11-12,15-18H2,1-2H3,(H,31,36)(H,32,35)/t19-,21?,24-,25?,26+/m1/s1. The van der Waals surface area contributed by atoms with Crippen molar-refractivity contribution in [1.29, 1.82) is 0 Å². The fourth-order valence-corrected chi connectivity index (χ4v) is 5.69. The van der Waals surface area contributed by atoms with Gasteiger partial charge in [-0.05, 0) is 75.0 Å². The molecule has 38 heavy (non-hydrogen) atoms. The SMILES string of the molecule is C[C@@H]1C(=O)N[C@H](Cc2ccc(O)cc2)C(=O)NCCCC2CCCCC2OCCN[C@@H](C2CC2)C(=O)N1C. The predicted octanol–water partition coefficient (Wildman–Crippen LogP) is 2.12. The van der Waals surface area contributed by atoms with Gasteiger partial charge in [0.1, 0.15) is 17.8 Å². The summed E-state index contributed by atoms with van der Waals surface area (Å²) < 4.78 is 6.30. The maximum Gasteiger partial charge on any atom is 0.243 e. The number of phenolic OH excluding ortho intramolecular Hbond substituents is 1. The first-order chi connectivity index (χ1) is 18.3. The minimum Gasteiger partial charge on any atom is -0.508 e. The molecule has 1 aliphatic heterocycles. The fourth-order valence-electron chi connectivity index (χ4n) is 5.69. The molecule has 9 heteroatoms. The molecule has 1 heterocycles. The lowest BCUT2D eigenvalue weighted by atomic mass is 9.83. The van der Waals surface area contributed by atoms with Crippen molar-refractivity contribution in [3.63, 3.8) is 0 Å². The third-order valence-corrected chi connectivity index (χ3v) is 8.37. The Morgan fingerprint density at radius 2 is 1.63 bits per heavy atom. The van der Waals surface area contributed by atoms with E-state index in [1.54, 1.807) is 38.2 Å². The van der Waals surface area contributed by atoms with Gasteiger partial charge in [-0.3, -0.25) is 14.4 Å². The van der Waals surface area contributed by atoms with Crippen molar-refractivity contribution in [2.45, 2.75) is 88.9 Å². The number of hydrogen-bond acceptors (Lipinski definition) is 6. The van der Waals surface area contributed by atoms with E-state index in [4.69, 9.17) is 4.74 Å². The first-order valence-corrected chi connectivity index (χ1v) is 14.3. The van der Waals surface area contributed by atoms with Crippen LogP contribution in [0.5, 0.6) is 5.75 Å². The van der Waals surface area contributed by atoms with Crippen LogP contribution in [0.2, 0.25) is 0 Å². The molecule has 3 amide bonds. The van der Waals surface area contributed by atoms with E-state index in [-0.39, 0.29) is 48.0 Å². The van der Waals surface area contributed by atoms with Crippen molar-refractivity contribution in [2.75, 3.05) is 26.7 Å². The number of amides is 3. The van der Waals surface area contributed by atoms with Gasteiger partial charge >= 0.3 is 0 Å². The number of phenols is 1. The predicted molar refractivity (Wildman–Crippen MR) is 144 cm³/mol. The molecule has 2 unspecified atom stereocenters. The molecule has 0 spiro atoms. The van der Waals surface area contributed by atoms with Gasteiger partial charge in [-0.15, -0.1) is 0 Å². The molecule has 210 valence electrons. The molecule has 2 aliphatic carbocycles. The Kier molecular flexibility index (Phi) is 10.0. The average molecular weight is 529 g/mol. The van der Waals surface area contributed by atoms with Crippen molar-refractivity contribution >= 4 is 17.7 Å². The van der Waals surface area contributed by atoms with Crippen LogP contribution in [0, 0.1) is 11.8 Å². The van der Waals surface area contributed by atoms with Gasteiger partial charge in [0, 0.05) is 26.6 Å². The number of ether oxygens (including phenoxy) is 1. The van der Waals surface area contributed by atoms with Gasteiger partial charge < -0.3 is 30.7 Å². The van der Waals surface area contributed by atoms with E-state index in [1.165, 1.54) is 17.7 Å². The molecule has 3 fully saturated rings. The van der Waals surface area contributed by atoms with Gasteiger partial charge in [0.25, 0.3) is 0 Å². The third kappa shape index (κ3) is 7.69. The second kappa shape index (κ2) is 13.4. The van der Waals surface area contributed by atoms with Crippen LogP contribution in [0.1, 0.15) is 63.9 Å². The van der Waals surface area contributed by atoms with Gasteiger partial charge in [0.05, 0.1) is 18.8 Å². The second-order valence-corrected chi connectivity index (χ2v) is 11.2. The van der Waals surface area contributed by atoms with E-state index < -0.39 is 12.1 Å². The summed E-state index contributed by atoms with van der Waals surface area (Å²) in [5.41, 5.74) is 0.822. The molecular weight excluding hydrogens is 484 g/mol. The van der Waals surface area contributed by atoms with E-state index in [1.807, 2.05) is 0 Å². The Bertz CT molecular complexity index is 951. The Labute approximate surface area is 226 Å². The van der Waals surface area contributed by atoms with E-state index in [0.29, 0.717) is 25.6 Å². The highest BCUT2D eigenvalue weighted by atomic mass is 16.5. The molecular formula is C29H44N4O5. The highest BCUT2D eigenvalue weighted by Crippen LogP contribution is 2.34. The number of carbonyl (C=O) groups excluding carboxylic acids is 3. The summed E-state index contributed by atoms with van der Waals surface area (Å²) in [6.07, 6.45) is 8.92. The summed E-state index contributed by atoms with van der Waals surface area (Å²) >= 11 is 0. The zero-order chi connectivity index (χ0) is 27.1. The molecule has 0 aromatic heterocycles. The van der Waals surface area contributed by atoms with Crippen molar-refractivity contribution in [1.82, 2.24) is 20.9 Å². The average Bonchev–Trinajstić information content (AvgIpc) is 3.76. The number of rotatable bonds is 3. The molecule has 2 saturated carbocycles. The summed E-state index contributed by atoms with van der Waals surface area (Å²) in [5.74, 6) is 0.170. The van der Waals surface area contributed by atoms with Gasteiger partial charge in [-0.25, -0.2) is 0 Å². The number of aromatic hydroxyl groups is 1. The van der Waals surface area contributed by atoms with Crippen molar-refractivity contribution in [3.8, 4) is 5.75 Å². The Balaban J connectivity index is 1.50. The van der Waals surface area contributed by atoms with Crippen LogP contribution in [0.4, 0.5) is 0 Å². The summed E-state index contributed by atoms with van der Waals surface area (Å²) in [6, 6.07) is 4.76. The topological polar surface area (TPSA) is 120 Å². The molecule has 1 aromatic carbocycles. The van der Waals surface area contributed by atoms with Crippen LogP contribution in [0.25, 0.3) is 0 Å². The Morgan fingerprint density at radius 3 is 2.37 bits per heavy atom. The summed E-state index contributed by atoms with van der Waals surface area (Å²) in [5, 5.41) is 19.0. The van der Waals surface area contributed by atoms with E-state index in [9.17, 15) is 19.5 Å². The normalized spacial score (nSPS) is 30.9. The number of carbonyl (C=O) groups is 3. The minimum absolute atomic E-state index is 0.105. The van der Waals surface area contributed by atoms with E-state index in [2.05, 4.69) is 16.0 Å². The molecule has 3 aliphatic rings. The number of nitrogens with zero attached hydrogens (tertiary/aromatic N) is 1. The zero-order valence-electron chi connectivity index (χ0n) is 22.8. The molecule has 5 atom stereocenters. The lowest BCUT2D eigenvalue weighted by Gasteiger charge is -2.33. The van der Waals surface area contributed by atoms with Crippen LogP contribution in [0.3, 0.4) is 0 Å². The van der Waals surface area contributed by atoms with E-state index >= 15 is 0 Å². The highest BCUT2D eigenvalue weighted by Gasteiger charge is 2.39. The molecule has 0 radical (unpaired) electrons. The van der Waals surface area contributed by atoms with Crippen molar-refractivity contribution in [3.05, 3.63) is 29.8 Å². The zero-order valence-corrected chi connectivity index (χ0v) is 22.8. The maximum atomic E-state index is 13.4. The van der Waals surface area contributed by atoms with E-state index in [0.717, 1.165) is 44.1 Å². The molecule has 4 N–H and O–H groups in total. The number of hydrogen-bond donors (Lipinski definition) is 4. The summed E-state index contributed by atoms with van der Waals surface area (Å²) in [4.78, 5) is 41.4. The fraction of sp³-hybridized carbons (Fsp3) is 0.690. The molecule has 4 rings (SSSR count). The Hall–Kier alpha value is -2.65. The second-order valence-electron chi connectivity index (χ2n) is 11.2. The largest absolute Gasteiger partial charge is 0.508 e. The summed E-state index contributed by atoms with van der Waals surface area (Å²) in [6.45, 7) is 3.39. The first-order valence-electron chi connectivity index (χ1n) is 14.3. The minimum atomic E-state index is -0.792. The van der Waals surface area contributed by atoms with Gasteiger partial charge in [-0.2, -0.15) is 0 Å². The smallest absolute Gasteiger partial charge is 0.243 e. The maximum absolute atomic E-state index is 13.4. The number of likely N-dealkylation sites (N-methyl/N-ethyl adjacent to an activating group) is 1. The van der Waals surface area contributed by atoms with Gasteiger partial charge in [0.2, 0.25) is 17.7 Å². The van der Waals surface area contributed by atoms with Gasteiger partial charge in [0.15, 0.2) is 0 Å². The van der Waals surface area contributed by atoms with Crippen LogP contribution < -0.4 is 16.0 Å². The van der Waals surface area contributed by atoms with Crippen LogP contribution in [-0.2, 0) is 25.5 Å². The summed E-state index contributed by atoms with van der Waals surface area (Å²) in [7, 11) is 1.65. The number of benzene rings is 1. The molecule has 1 saturated heterocycles. The van der Waals surface area contributed by atoms with Crippen LogP contribution in [-0.4, -0.2) is 78.7 Å². The third-order valence-electron chi connectivity index (χ3n) is 8.37. The first kappa shape index (κ1) is 28.4. The number of nitrogens with one attached hydrogen (secondary N) is 3. The van der Waals surface area contributed by atoms with Crippen LogP contribution >= 0.6 is 0 Å². The van der Waals surface area contributed by atoms with Crippen molar-refractivity contribution in [2.24, 2.45) is 11.8 Å².